The van der Waals surface area contributed by atoms with Gasteiger partial charge in [0.2, 0.25) is 0 Å². The van der Waals surface area contributed by atoms with Crippen LogP contribution in [0.25, 0.3) is 0 Å². The van der Waals surface area contributed by atoms with Gasteiger partial charge in [-0.2, -0.15) is 21.6 Å². The molecule has 0 aliphatic rings. The molecule has 0 aromatic heterocycles. The molecule has 0 bridgehead atoms. The van der Waals surface area contributed by atoms with Gasteiger partial charge in [0.25, 0.3) is 0 Å². The van der Waals surface area contributed by atoms with Crippen LogP contribution in [0.1, 0.15) is 0 Å². The van der Waals surface area contributed by atoms with Gasteiger partial charge in [0.1, 0.15) is 0 Å². The normalized spacial score (nSPS) is 11.8. The van der Waals surface area contributed by atoms with Gasteiger partial charge in [-0.15, -0.1) is 18.2 Å². The Hall–Kier alpha value is -0.666. The topological polar surface area (TPSA) is 46.2 Å². The third kappa shape index (κ3) is 3.93. The molecule has 0 amide bonds. The molecule has 1 N–H and O–H groups in total. The number of rotatable bonds is 2. The summed E-state index contributed by atoms with van der Waals surface area (Å²) in [6.07, 6.45) is 0. The van der Waals surface area contributed by atoms with Crippen LogP contribution in [0.15, 0.2) is 12.1 Å². The Bertz CT molecular complexity index is 501. The summed E-state index contributed by atoms with van der Waals surface area (Å²) in [5.41, 5.74) is -6.60. The first-order valence-corrected chi connectivity index (χ1v) is 5.08. The maximum Gasteiger partial charge on any atom is 0.515 e. The zero-order valence-corrected chi connectivity index (χ0v) is 10.1. The van der Waals surface area contributed by atoms with Gasteiger partial charge in [0, 0.05) is 33.4 Å². The van der Waals surface area contributed by atoms with E-state index in [4.69, 9.17) is 0 Å². The Morgan fingerprint density at radius 2 is 1.71 bits per heavy atom. The standard InChI is InChI=1S/C7H3F5NO2S.Ti/c8-4-1-2-6(5(9)3-4)13-16(14,15)7(10,11)12;/h1-2,13H;/q-1;. The molecule has 10 heteroatoms. The van der Waals surface area contributed by atoms with Gasteiger partial charge in [-0.1, -0.05) is 0 Å². The molecule has 0 unspecified atom stereocenters. The number of nitrogens with one attached hydrogen (secondary N) is 1. The van der Waals surface area contributed by atoms with Crippen LogP contribution in [0.3, 0.4) is 0 Å². The first-order chi connectivity index (χ1) is 7.13. The van der Waals surface area contributed by atoms with E-state index in [2.05, 4.69) is 0 Å². The SMILES string of the molecule is O=S(=O)(Nc1ccc(F)[c-]c1F)C(F)(F)F.[Ti]. The van der Waals surface area contributed by atoms with Crippen LogP contribution in [0, 0.1) is 17.7 Å². The second-order valence-corrected chi connectivity index (χ2v) is 4.26. The Morgan fingerprint density at radius 3 is 2.12 bits per heavy atom. The summed E-state index contributed by atoms with van der Waals surface area (Å²) in [5, 5.41) is 0. The van der Waals surface area contributed by atoms with Crippen LogP contribution in [-0.4, -0.2) is 13.9 Å². The Morgan fingerprint density at radius 1 is 1.18 bits per heavy atom. The summed E-state index contributed by atoms with van der Waals surface area (Å²) in [4.78, 5) is 0. The van der Waals surface area contributed by atoms with E-state index in [9.17, 15) is 30.4 Å². The second kappa shape index (κ2) is 5.32. The minimum atomic E-state index is -5.72. The van der Waals surface area contributed by atoms with E-state index >= 15 is 0 Å². The molecule has 3 nitrogen and oxygen atoms in total. The summed E-state index contributed by atoms with van der Waals surface area (Å²) < 4.78 is 82.7. The van der Waals surface area contributed by atoms with Gasteiger partial charge in [-0.25, -0.2) is 8.78 Å². The molecular weight excluding hydrogens is 305 g/mol. The van der Waals surface area contributed by atoms with E-state index in [1.807, 2.05) is 0 Å². The number of hydrogen-bond acceptors (Lipinski definition) is 2. The summed E-state index contributed by atoms with van der Waals surface area (Å²) in [5.74, 6) is -2.72. The van der Waals surface area contributed by atoms with Crippen LogP contribution in [0.5, 0.6) is 0 Å². The van der Waals surface area contributed by atoms with Crippen molar-refractivity contribution in [1.82, 2.24) is 0 Å². The largest absolute Gasteiger partial charge is 0.515 e. The average molecular weight is 308 g/mol. The van der Waals surface area contributed by atoms with Crippen molar-refractivity contribution in [3.63, 3.8) is 0 Å². The molecule has 94 valence electrons. The quantitative estimate of drug-likeness (QED) is 0.516. The predicted octanol–water partition coefficient (Wildman–Crippen LogP) is 2.02. The molecule has 0 fully saturated rings. The molecule has 0 atom stereocenters. The maximum absolute atomic E-state index is 12.8. The van der Waals surface area contributed by atoms with Crippen molar-refractivity contribution in [2.75, 3.05) is 4.72 Å². The molecular formula is C7H3F5NO2STi-. The fraction of sp³-hybridized carbons (Fsp3) is 0.143. The zero-order valence-electron chi connectivity index (χ0n) is 7.77. The van der Waals surface area contributed by atoms with Crippen LogP contribution in [-0.2, 0) is 31.7 Å². The Labute approximate surface area is 108 Å². The number of halogens is 5. The Kier molecular flexibility index (Phi) is 5.11. The molecule has 0 heterocycles. The molecule has 0 aliphatic heterocycles. The monoisotopic (exact) mass is 308 g/mol. The van der Waals surface area contributed by atoms with Crippen molar-refractivity contribution in [2.24, 2.45) is 0 Å². The molecule has 0 spiro atoms. The fourth-order valence-electron chi connectivity index (χ4n) is 0.725. The van der Waals surface area contributed by atoms with Crippen LogP contribution >= 0.6 is 0 Å². The molecule has 1 rings (SSSR count). The zero-order chi connectivity index (χ0) is 12.6. The van der Waals surface area contributed by atoms with Gasteiger partial charge >= 0.3 is 15.5 Å². The second-order valence-electron chi connectivity index (χ2n) is 2.59. The first-order valence-electron chi connectivity index (χ1n) is 3.60. The van der Waals surface area contributed by atoms with Crippen molar-refractivity contribution in [1.29, 1.82) is 0 Å². The molecule has 0 saturated carbocycles. The van der Waals surface area contributed by atoms with E-state index in [1.54, 1.807) is 0 Å². The van der Waals surface area contributed by atoms with E-state index in [-0.39, 0.29) is 21.7 Å². The molecule has 1 aromatic rings. The molecule has 17 heavy (non-hydrogen) atoms. The third-order valence-corrected chi connectivity index (χ3v) is 2.51. The van der Waals surface area contributed by atoms with Gasteiger partial charge in [0.15, 0.2) is 0 Å². The van der Waals surface area contributed by atoms with Crippen LogP contribution < -0.4 is 4.72 Å². The van der Waals surface area contributed by atoms with Gasteiger partial charge < -0.3 is 4.72 Å². The fourth-order valence-corrected chi connectivity index (χ4v) is 1.29. The minimum absolute atomic E-state index is 0. The summed E-state index contributed by atoms with van der Waals surface area (Å²) in [6, 6.07) is 2.47. The predicted molar refractivity (Wildman–Crippen MR) is 43.8 cm³/mol. The molecule has 0 aliphatic carbocycles. The van der Waals surface area contributed by atoms with Crippen LogP contribution in [0.2, 0.25) is 0 Å². The Balaban J connectivity index is 0.00000256. The van der Waals surface area contributed by atoms with Crippen molar-refractivity contribution < 1.29 is 52.1 Å². The van der Waals surface area contributed by atoms with Crippen molar-refractivity contribution in [2.45, 2.75) is 5.51 Å². The van der Waals surface area contributed by atoms with E-state index in [0.717, 1.165) is 4.72 Å². The van der Waals surface area contributed by atoms with Crippen LogP contribution in [0.4, 0.5) is 27.6 Å². The van der Waals surface area contributed by atoms with Crippen molar-refractivity contribution in [3.8, 4) is 0 Å². The van der Waals surface area contributed by atoms with E-state index in [1.165, 1.54) is 6.07 Å². The summed E-state index contributed by atoms with van der Waals surface area (Å²) >= 11 is 0. The summed E-state index contributed by atoms with van der Waals surface area (Å²) in [7, 11) is -5.72. The van der Waals surface area contributed by atoms with E-state index in [0.29, 0.717) is 12.1 Å². The maximum atomic E-state index is 12.8. The molecule has 0 radical (unpaired) electrons. The minimum Gasteiger partial charge on any atom is -0.326 e. The molecule has 0 saturated heterocycles. The number of benzene rings is 1. The number of hydrogen-bond donors (Lipinski definition) is 1. The van der Waals surface area contributed by atoms with E-state index < -0.39 is 32.9 Å². The van der Waals surface area contributed by atoms with Crippen molar-refractivity contribution >= 4 is 15.7 Å². The number of sulfonamides is 1. The third-order valence-electron chi connectivity index (χ3n) is 1.41. The van der Waals surface area contributed by atoms with Crippen molar-refractivity contribution in [3.05, 3.63) is 29.8 Å². The number of anilines is 1. The van der Waals surface area contributed by atoms with Gasteiger partial charge in [-0.3, -0.25) is 0 Å². The average Bonchev–Trinajstić information content (AvgIpc) is 2.08. The number of alkyl halides is 3. The molecule has 1 aromatic carbocycles. The summed E-state index contributed by atoms with van der Waals surface area (Å²) in [6.45, 7) is 0. The van der Waals surface area contributed by atoms with Gasteiger partial charge in [-0.05, 0) is 5.69 Å². The first kappa shape index (κ1) is 16.3. The smallest absolute Gasteiger partial charge is 0.326 e. The van der Waals surface area contributed by atoms with Gasteiger partial charge in [0.05, 0.1) is 0 Å².